The standard InChI is InChI=1S/C15H13Cl2N3O5/c1-8(14(23)19-13-9(16)3-2-4-10(13)17)25-12(22)7-20-6-5-11(21)18-15(20)24/h2-6,8H,7H2,1H3,(H,19,23)(H,18,21,24)/t8-/m0/s1. The molecule has 8 nitrogen and oxygen atoms in total. The van der Waals surface area contributed by atoms with Gasteiger partial charge in [-0.2, -0.15) is 0 Å². The van der Waals surface area contributed by atoms with Crippen molar-refractivity contribution in [2.24, 2.45) is 0 Å². The Morgan fingerprint density at radius 3 is 2.48 bits per heavy atom. The lowest BCUT2D eigenvalue weighted by atomic mass is 10.3. The number of hydrogen-bond donors (Lipinski definition) is 2. The summed E-state index contributed by atoms with van der Waals surface area (Å²) in [6, 6.07) is 5.79. The summed E-state index contributed by atoms with van der Waals surface area (Å²) in [5.74, 6) is -1.47. The molecule has 2 rings (SSSR count). The topological polar surface area (TPSA) is 110 Å². The number of para-hydroxylation sites is 1. The third-order valence-electron chi connectivity index (χ3n) is 3.08. The van der Waals surface area contributed by atoms with Gasteiger partial charge in [0.2, 0.25) is 0 Å². The van der Waals surface area contributed by atoms with Crippen molar-refractivity contribution in [1.82, 2.24) is 9.55 Å². The Hall–Kier alpha value is -2.58. The quantitative estimate of drug-likeness (QED) is 0.756. The third-order valence-corrected chi connectivity index (χ3v) is 3.71. The molecule has 2 N–H and O–H groups in total. The van der Waals surface area contributed by atoms with Crippen molar-refractivity contribution in [3.8, 4) is 0 Å². The molecule has 1 atom stereocenters. The van der Waals surface area contributed by atoms with Gasteiger partial charge in [-0.3, -0.25) is 23.9 Å². The molecule has 1 aromatic heterocycles. The summed E-state index contributed by atoms with van der Waals surface area (Å²) in [6.45, 7) is 0.897. The summed E-state index contributed by atoms with van der Waals surface area (Å²) in [7, 11) is 0. The number of esters is 1. The molecule has 0 saturated heterocycles. The van der Waals surface area contributed by atoms with Crippen LogP contribution in [0.1, 0.15) is 6.92 Å². The summed E-state index contributed by atoms with van der Waals surface area (Å²) in [6.07, 6.45) is -0.00487. The van der Waals surface area contributed by atoms with Crippen LogP contribution in [0.15, 0.2) is 40.1 Å². The van der Waals surface area contributed by atoms with Gasteiger partial charge in [0.25, 0.3) is 11.5 Å². The van der Waals surface area contributed by atoms with Crippen LogP contribution in [0.3, 0.4) is 0 Å². The van der Waals surface area contributed by atoms with Crippen molar-refractivity contribution < 1.29 is 14.3 Å². The Morgan fingerprint density at radius 2 is 1.88 bits per heavy atom. The predicted octanol–water partition coefficient (Wildman–Crippen LogP) is 1.41. The van der Waals surface area contributed by atoms with Crippen molar-refractivity contribution in [2.75, 3.05) is 5.32 Å². The second kappa shape index (κ2) is 8.00. The highest BCUT2D eigenvalue weighted by Crippen LogP contribution is 2.29. The summed E-state index contributed by atoms with van der Waals surface area (Å²) in [5.41, 5.74) is -1.14. The monoisotopic (exact) mass is 385 g/mol. The van der Waals surface area contributed by atoms with Gasteiger partial charge >= 0.3 is 11.7 Å². The maximum absolute atomic E-state index is 12.1. The SMILES string of the molecule is C[C@H](OC(=O)Cn1ccc(=O)[nH]c1=O)C(=O)Nc1c(Cl)cccc1Cl. The average Bonchev–Trinajstić information content (AvgIpc) is 2.53. The lowest BCUT2D eigenvalue weighted by molar-refractivity contribution is -0.153. The van der Waals surface area contributed by atoms with Gasteiger partial charge in [0.1, 0.15) is 6.54 Å². The number of aromatic nitrogens is 2. The predicted molar refractivity (Wildman–Crippen MR) is 92.0 cm³/mol. The van der Waals surface area contributed by atoms with Crippen LogP contribution in [0.4, 0.5) is 5.69 Å². The van der Waals surface area contributed by atoms with E-state index in [-0.39, 0.29) is 15.7 Å². The van der Waals surface area contributed by atoms with Crippen molar-refractivity contribution in [2.45, 2.75) is 19.6 Å². The minimum atomic E-state index is -1.15. The van der Waals surface area contributed by atoms with Crippen LogP contribution < -0.4 is 16.6 Å². The molecule has 10 heteroatoms. The normalized spacial score (nSPS) is 11.6. The fourth-order valence-electron chi connectivity index (χ4n) is 1.84. The van der Waals surface area contributed by atoms with Crippen LogP contribution in [0.2, 0.25) is 10.0 Å². The number of nitrogens with one attached hydrogen (secondary N) is 2. The van der Waals surface area contributed by atoms with E-state index < -0.39 is 35.8 Å². The molecule has 132 valence electrons. The van der Waals surface area contributed by atoms with Crippen LogP contribution in [0, 0.1) is 0 Å². The molecule has 1 aromatic carbocycles. The minimum Gasteiger partial charge on any atom is -0.451 e. The van der Waals surface area contributed by atoms with Crippen molar-refractivity contribution in [1.29, 1.82) is 0 Å². The molecule has 0 bridgehead atoms. The Morgan fingerprint density at radius 1 is 1.24 bits per heavy atom. The molecule has 0 unspecified atom stereocenters. The zero-order chi connectivity index (χ0) is 18.6. The zero-order valence-corrected chi connectivity index (χ0v) is 14.4. The number of hydrogen-bond acceptors (Lipinski definition) is 5. The highest BCUT2D eigenvalue weighted by molar-refractivity contribution is 6.39. The maximum Gasteiger partial charge on any atom is 0.328 e. The summed E-state index contributed by atoms with van der Waals surface area (Å²) in [4.78, 5) is 48.4. The number of ether oxygens (including phenoxy) is 1. The van der Waals surface area contributed by atoms with E-state index in [0.29, 0.717) is 0 Å². The Kier molecular flexibility index (Phi) is 6.00. The van der Waals surface area contributed by atoms with Gasteiger partial charge < -0.3 is 10.1 Å². The summed E-state index contributed by atoms with van der Waals surface area (Å²) < 4.78 is 5.91. The van der Waals surface area contributed by atoms with Crippen LogP contribution in [-0.4, -0.2) is 27.5 Å². The first kappa shape index (κ1) is 18.8. The molecule has 1 heterocycles. The smallest absolute Gasteiger partial charge is 0.328 e. The maximum atomic E-state index is 12.1. The van der Waals surface area contributed by atoms with E-state index in [1.807, 2.05) is 4.98 Å². The summed E-state index contributed by atoms with van der Waals surface area (Å²) >= 11 is 11.9. The highest BCUT2D eigenvalue weighted by atomic mass is 35.5. The number of H-pyrrole nitrogens is 1. The number of anilines is 1. The molecule has 1 amide bonds. The zero-order valence-electron chi connectivity index (χ0n) is 12.9. The fraction of sp³-hybridized carbons (Fsp3) is 0.200. The van der Waals surface area contributed by atoms with Crippen LogP contribution >= 0.6 is 23.2 Å². The second-order valence-corrected chi connectivity index (χ2v) is 5.77. The van der Waals surface area contributed by atoms with Gasteiger partial charge in [0.15, 0.2) is 6.10 Å². The molecule has 0 radical (unpaired) electrons. The minimum absolute atomic E-state index is 0.204. The number of amides is 1. The Labute approximate surface area is 151 Å². The van der Waals surface area contributed by atoms with Gasteiger partial charge in [-0.25, -0.2) is 4.79 Å². The number of benzene rings is 1. The van der Waals surface area contributed by atoms with Gasteiger partial charge in [-0.05, 0) is 19.1 Å². The van der Waals surface area contributed by atoms with E-state index in [4.69, 9.17) is 27.9 Å². The van der Waals surface area contributed by atoms with Crippen molar-refractivity contribution in [3.05, 3.63) is 61.3 Å². The molecular formula is C15H13Cl2N3O5. The molecule has 0 spiro atoms. The molecule has 0 aliphatic heterocycles. The molecule has 0 saturated carbocycles. The molecule has 2 aromatic rings. The van der Waals surface area contributed by atoms with E-state index >= 15 is 0 Å². The van der Waals surface area contributed by atoms with E-state index in [1.54, 1.807) is 18.2 Å². The number of nitrogens with zero attached hydrogens (tertiary/aromatic N) is 1. The first-order valence-electron chi connectivity index (χ1n) is 7.02. The van der Waals surface area contributed by atoms with Gasteiger partial charge in [0, 0.05) is 12.3 Å². The lowest BCUT2D eigenvalue weighted by Gasteiger charge is -2.15. The number of carbonyl (C=O) groups is 2. The highest BCUT2D eigenvalue weighted by Gasteiger charge is 2.20. The molecule has 0 fully saturated rings. The molecule has 0 aliphatic carbocycles. The molecule has 25 heavy (non-hydrogen) atoms. The van der Waals surface area contributed by atoms with Crippen LogP contribution in [0.25, 0.3) is 0 Å². The number of rotatable bonds is 5. The molecule has 0 aliphatic rings. The lowest BCUT2D eigenvalue weighted by Crippen LogP contribution is -2.35. The van der Waals surface area contributed by atoms with E-state index in [9.17, 15) is 19.2 Å². The van der Waals surface area contributed by atoms with Crippen LogP contribution in [-0.2, 0) is 20.9 Å². The van der Waals surface area contributed by atoms with Crippen molar-refractivity contribution >= 4 is 40.8 Å². The second-order valence-electron chi connectivity index (χ2n) is 4.96. The van der Waals surface area contributed by atoms with Gasteiger partial charge in [-0.15, -0.1) is 0 Å². The van der Waals surface area contributed by atoms with Crippen LogP contribution in [0.5, 0.6) is 0 Å². The first-order chi connectivity index (χ1) is 11.8. The van der Waals surface area contributed by atoms with E-state index in [1.165, 1.54) is 6.92 Å². The largest absolute Gasteiger partial charge is 0.451 e. The fourth-order valence-corrected chi connectivity index (χ4v) is 2.33. The average molecular weight is 386 g/mol. The van der Waals surface area contributed by atoms with Gasteiger partial charge in [0.05, 0.1) is 15.7 Å². The molecular weight excluding hydrogens is 373 g/mol. The third kappa shape index (κ3) is 4.94. The first-order valence-corrected chi connectivity index (χ1v) is 7.77. The van der Waals surface area contributed by atoms with E-state index in [2.05, 4.69) is 5.32 Å². The Bertz CT molecular complexity index is 902. The summed E-state index contributed by atoms with van der Waals surface area (Å²) in [5, 5.41) is 2.94. The van der Waals surface area contributed by atoms with Crippen molar-refractivity contribution in [3.63, 3.8) is 0 Å². The number of carbonyl (C=O) groups excluding carboxylic acids is 2. The number of halogens is 2. The van der Waals surface area contributed by atoms with E-state index in [0.717, 1.165) is 16.8 Å². The number of aromatic amines is 1. The Balaban J connectivity index is 1.99. The van der Waals surface area contributed by atoms with Gasteiger partial charge in [-0.1, -0.05) is 29.3 Å².